The van der Waals surface area contributed by atoms with E-state index < -0.39 is 0 Å². The number of amides is 1. The maximum absolute atomic E-state index is 11.9. The molecule has 0 radical (unpaired) electrons. The van der Waals surface area contributed by atoms with Crippen molar-refractivity contribution < 1.29 is 4.79 Å². The van der Waals surface area contributed by atoms with Crippen molar-refractivity contribution in [2.75, 3.05) is 18.8 Å². The van der Waals surface area contributed by atoms with Crippen LogP contribution in [-0.2, 0) is 4.79 Å². The molecule has 0 saturated carbocycles. The van der Waals surface area contributed by atoms with Crippen molar-refractivity contribution in [3.8, 4) is 0 Å². The first-order valence-corrected chi connectivity index (χ1v) is 7.94. The summed E-state index contributed by atoms with van der Waals surface area (Å²) in [5.74, 6) is 0.730. The zero-order valence-corrected chi connectivity index (χ0v) is 13.8. The van der Waals surface area contributed by atoms with Crippen LogP contribution in [0.15, 0.2) is 21.5 Å². The van der Waals surface area contributed by atoms with Crippen molar-refractivity contribution in [3.63, 3.8) is 0 Å². The highest BCUT2D eigenvalue weighted by atomic mass is 79.9. The van der Waals surface area contributed by atoms with E-state index in [1.807, 2.05) is 18.7 Å². The zero-order valence-electron chi connectivity index (χ0n) is 11.4. The molecule has 1 amide bonds. The maximum Gasteiger partial charge on any atom is 0.232 e. The van der Waals surface area contributed by atoms with E-state index >= 15 is 0 Å². The predicted molar refractivity (Wildman–Crippen MR) is 82.3 cm³/mol. The summed E-state index contributed by atoms with van der Waals surface area (Å²) < 4.78 is 1.12. The minimum Gasteiger partial charge on any atom is -0.343 e. The number of thioether (sulfide) groups is 1. The molecule has 1 rings (SSSR count). The average molecular weight is 330 g/mol. The average Bonchev–Trinajstić information content (AvgIpc) is 2.33. The highest BCUT2D eigenvalue weighted by Gasteiger charge is 2.11. The summed E-state index contributed by atoms with van der Waals surface area (Å²) in [7, 11) is 0. The number of hydrogen-bond acceptors (Lipinski definition) is 2. The summed E-state index contributed by atoms with van der Waals surface area (Å²) in [6.07, 6.45) is 0. The first kappa shape index (κ1) is 15.6. The molecule has 18 heavy (non-hydrogen) atoms. The standard InChI is InChI=1S/C14H20BrNOS/c1-5-16(6-2)14(17)9-18-13-8-10(3)12(15)7-11(13)4/h7-8H,5-6,9H2,1-4H3. The van der Waals surface area contributed by atoms with Gasteiger partial charge in [-0.1, -0.05) is 15.9 Å². The monoisotopic (exact) mass is 329 g/mol. The molecular weight excluding hydrogens is 310 g/mol. The molecule has 0 aliphatic heterocycles. The molecule has 1 aromatic rings. The number of nitrogens with zero attached hydrogens (tertiary/aromatic N) is 1. The van der Waals surface area contributed by atoms with Gasteiger partial charge in [-0.25, -0.2) is 0 Å². The van der Waals surface area contributed by atoms with Gasteiger partial charge in [-0.3, -0.25) is 4.79 Å². The number of rotatable bonds is 5. The Labute approximate surface area is 122 Å². The van der Waals surface area contributed by atoms with Crippen molar-refractivity contribution in [3.05, 3.63) is 27.7 Å². The highest BCUT2D eigenvalue weighted by molar-refractivity contribution is 9.10. The molecule has 0 aliphatic rings. The number of halogens is 1. The van der Waals surface area contributed by atoms with E-state index in [-0.39, 0.29) is 5.91 Å². The van der Waals surface area contributed by atoms with Crippen LogP contribution < -0.4 is 0 Å². The maximum atomic E-state index is 11.9. The van der Waals surface area contributed by atoms with Crippen LogP contribution >= 0.6 is 27.7 Å². The molecule has 0 fully saturated rings. The lowest BCUT2D eigenvalue weighted by Crippen LogP contribution is -2.31. The molecule has 1 aromatic carbocycles. The second kappa shape index (κ2) is 7.19. The van der Waals surface area contributed by atoms with E-state index in [0.29, 0.717) is 5.75 Å². The van der Waals surface area contributed by atoms with Gasteiger partial charge in [0.05, 0.1) is 5.75 Å². The normalized spacial score (nSPS) is 10.5. The van der Waals surface area contributed by atoms with Gasteiger partial charge < -0.3 is 4.90 Å². The lowest BCUT2D eigenvalue weighted by Gasteiger charge is -2.18. The van der Waals surface area contributed by atoms with Gasteiger partial charge in [-0.2, -0.15) is 0 Å². The molecule has 0 spiro atoms. The van der Waals surface area contributed by atoms with Gasteiger partial charge in [0, 0.05) is 22.5 Å². The van der Waals surface area contributed by atoms with Crippen LogP contribution in [-0.4, -0.2) is 29.6 Å². The van der Waals surface area contributed by atoms with Crippen LogP contribution in [0.2, 0.25) is 0 Å². The summed E-state index contributed by atoms with van der Waals surface area (Å²) in [5.41, 5.74) is 2.42. The van der Waals surface area contributed by atoms with Gasteiger partial charge in [-0.15, -0.1) is 11.8 Å². The van der Waals surface area contributed by atoms with Crippen LogP contribution in [0, 0.1) is 13.8 Å². The van der Waals surface area contributed by atoms with Crippen molar-refractivity contribution in [2.45, 2.75) is 32.6 Å². The number of hydrogen-bond donors (Lipinski definition) is 0. The van der Waals surface area contributed by atoms with E-state index in [4.69, 9.17) is 0 Å². The second-order valence-electron chi connectivity index (χ2n) is 4.22. The Morgan fingerprint density at radius 3 is 2.39 bits per heavy atom. The molecule has 0 bridgehead atoms. The predicted octanol–water partition coefficient (Wildman–Crippen LogP) is 4.03. The summed E-state index contributed by atoms with van der Waals surface area (Å²) in [5, 5.41) is 0. The third kappa shape index (κ3) is 4.02. The summed E-state index contributed by atoms with van der Waals surface area (Å²) in [6, 6.07) is 4.25. The molecule has 100 valence electrons. The van der Waals surface area contributed by atoms with E-state index in [0.717, 1.165) is 17.6 Å². The molecule has 0 atom stereocenters. The Morgan fingerprint density at radius 2 is 1.83 bits per heavy atom. The van der Waals surface area contributed by atoms with Crippen LogP contribution in [0.25, 0.3) is 0 Å². The SMILES string of the molecule is CCN(CC)C(=O)CSc1cc(C)c(Br)cc1C. The molecular formula is C14H20BrNOS. The Kier molecular flexibility index (Phi) is 6.22. The number of aryl methyl sites for hydroxylation is 2. The van der Waals surface area contributed by atoms with Crippen molar-refractivity contribution >= 4 is 33.6 Å². The molecule has 0 heterocycles. The van der Waals surface area contributed by atoms with E-state index in [9.17, 15) is 4.79 Å². The lowest BCUT2D eigenvalue weighted by atomic mass is 10.2. The topological polar surface area (TPSA) is 20.3 Å². The van der Waals surface area contributed by atoms with Crippen molar-refractivity contribution in [1.29, 1.82) is 0 Å². The molecule has 0 aromatic heterocycles. The van der Waals surface area contributed by atoms with Crippen LogP contribution in [0.3, 0.4) is 0 Å². The third-order valence-corrected chi connectivity index (χ3v) is 4.92. The lowest BCUT2D eigenvalue weighted by molar-refractivity contribution is -0.127. The Morgan fingerprint density at radius 1 is 1.22 bits per heavy atom. The molecule has 2 nitrogen and oxygen atoms in total. The van der Waals surface area contributed by atoms with Crippen LogP contribution in [0.4, 0.5) is 0 Å². The summed E-state index contributed by atoms with van der Waals surface area (Å²) in [6.45, 7) is 9.75. The van der Waals surface area contributed by atoms with Gasteiger partial charge in [0.25, 0.3) is 0 Å². The highest BCUT2D eigenvalue weighted by Crippen LogP contribution is 2.28. The minimum atomic E-state index is 0.213. The Hall–Kier alpha value is -0.480. The van der Waals surface area contributed by atoms with E-state index in [1.54, 1.807) is 11.8 Å². The van der Waals surface area contributed by atoms with Gasteiger partial charge in [0.1, 0.15) is 0 Å². The fraction of sp³-hybridized carbons (Fsp3) is 0.500. The van der Waals surface area contributed by atoms with Crippen molar-refractivity contribution in [2.24, 2.45) is 0 Å². The fourth-order valence-corrected chi connectivity index (χ4v) is 3.18. The van der Waals surface area contributed by atoms with Gasteiger partial charge >= 0.3 is 0 Å². The van der Waals surface area contributed by atoms with Gasteiger partial charge in [0.2, 0.25) is 5.91 Å². The first-order chi connectivity index (χ1) is 8.49. The molecule has 0 saturated heterocycles. The molecule has 0 aliphatic carbocycles. The third-order valence-electron chi connectivity index (χ3n) is 2.92. The van der Waals surface area contributed by atoms with Crippen LogP contribution in [0.1, 0.15) is 25.0 Å². The fourth-order valence-electron chi connectivity index (χ4n) is 1.72. The zero-order chi connectivity index (χ0) is 13.7. The number of benzene rings is 1. The van der Waals surface area contributed by atoms with Crippen LogP contribution in [0.5, 0.6) is 0 Å². The summed E-state index contributed by atoms with van der Waals surface area (Å²) >= 11 is 5.15. The van der Waals surface area contributed by atoms with E-state index in [1.165, 1.54) is 16.0 Å². The van der Waals surface area contributed by atoms with E-state index in [2.05, 4.69) is 41.9 Å². The number of carbonyl (C=O) groups excluding carboxylic acids is 1. The second-order valence-corrected chi connectivity index (χ2v) is 6.09. The van der Waals surface area contributed by atoms with Gasteiger partial charge in [0.15, 0.2) is 0 Å². The van der Waals surface area contributed by atoms with Gasteiger partial charge in [-0.05, 0) is 51.0 Å². The largest absolute Gasteiger partial charge is 0.343 e. The Balaban J connectivity index is 2.69. The first-order valence-electron chi connectivity index (χ1n) is 6.16. The summed E-state index contributed by atoms with van der Waals surface area (Å²) in [4.78, 5) is 15.0. The molecule has 0 N–H and O–H groups in total. The van der Waals surface area contributed by atoms with Crippen molar-refractivity contribution in [1.82, 2.24) is 4.90 Å². The molecule has 0 unspecified atom stereocenters. The molecule has 4 heteroatoms. The smallest absolute Gasteiger partial charge is 0.232 e. The number of carbonyl (C=O) groups is 1. The minimum absolute atomic E-state index is 0.213. The quantitative estimate of drug-likeness (QED) is 0.760. The Bertz CT molecular complexity index is 430.